The molecule has 12 nitrogen and oxygen atoms in total. The quantitative estimate of drug-likeness (QED) is 0.454. The van der Waals surface area contributed by atoms with E-state index < -0.39 is 6.04 Å². The molecule has 3 amide bonds. The molecule has 1 aliphatic heterocycles. The van der Waals surface area contributed by atoms with Crippen LogP contribution in [0.4, 0.5) is 5.69 Å². The van der Waals surface area contributed by atoms with E-state index in [0.29, 0.717) is 45.7 Å². The number of hydrogen-bond donors (Lipinski definition) is 3. The number of allylic oxidation sites excluding steroid dienone is 4. The van der Waals surface area contributed by atoms with Crippen LogP contribution in [-0.2, 0) is 14.4 Å². The number of amides is 3. The molecule has 2 aliphatic carbocycles. The van der Waals surface area contributed by atoms with Crippen molar-refractivity contribution < 1.29 is 14.4 Å². The van der Waals surface area contributed by atoms with Gasteiger partial charge in [-0.3, -0.25) is 19.3 Å². The van der Waals surface area contributed by atoms with Gasteiger partial charge in [0.15, 0.2) is 0 Å². The summed E-state index contributed by atoms with van der Waals surface area (Å²) in [5, 5.41) is 25.4. The largest absolute Gasteiger partial charge is 0.393 e. The number of piperazine rings is 1. The molecular formula is C26H28ClN9O3. The fourth-order valence-corrected chi connectivity index (χ4v) is 5.04. The Bertz CT molecular complexity index is 1400. The summed E-state index contributed by atoms with van der Waals surface area (Å²) in [6.07, 6.45) is 11.5. The predicted octanol–water partition coefficient (Wildman–Crippen LogP) is 1.74. The van der Waals surface area contributed by atoms with Gasteiger partial charge in [0.05, 0.1) is 17.1 Å². The highest BCUT2D eigenvalue weighted by Crippen LogP contribution is 2.34. The molecule has 3 N–H and O–H groups in total. The van der Waals surface area contributed by atoms with Crippen LogP contribution in [0.25, 0.3) is 5.69 Å². The first-order valence-corrected chi connectivity index (χ1v) is 13.0. The Morgan fingerprint density at radius 3 is 2.72 bits per heavy atom. The number of tetrazole rings is 1. The summed E-state index contributed by atoms with van der Waals surface area (Å²) < 4.78 is 1.39. The topological polar surface area (TPSA) is 149 Å². The number of carbonyl (C=O) groups excluding carboxylic acids is 3. The molecule has 1 saturated carbocycles. The highest BCUT2D eigenvalue weighted by atomic mass is 35.5. The summed E-state index contributed by atoms with van der Waals surface area (Å²) >= 11 is 6.23. The van der Waals surface area contributed by atoms with Gasteiger partial charge < -0.3 is 20.9 Å². The maximum atomic E-state index is 13.6. The van der Waals surface area contributed by atoms with Gasteiger partial charge in [-0.25, -0.2) is 0 Å². The molecule has 39 heavy (non-hydrogen) atoms. The number of aromatic nitrogens is 4. The van der Waals surface area contributed by atoms with E-state index in [1.807, 2.05) is 0 Å². The van der Waals surface area contributed by atoms with Gasteiger partial charge in [0.25, 0.3) is 0 Å². The molecule has 1 aromatic heterocycles. The predicted molar refractivity (Wildman–Crippen MR) is 144 cm³/mol. The van der Waals surface area contributed by atoms with Crippen molar-refractivity contribution in [2.24, 2.45) is 5.92 Å². The molecular weight excluding hydrogens is 522 g/mol. The van der Waals surface area contributed by atoms with Gasteiger partial charge >= 0.3 is 0 Å². The molecule has 2 fully saturated rings. The van der Waals surface area contributed by atoms with Crippen molar-refractivity contribution in [1.82, 2.24) is 35.7 Å². The number of nitrogens with zero attached hydrogens (tertiary/aromatic N) is 6. The maximum absolute atomic E-state index is 13.6. The Labute approximate surface area is 229 Å². The molecule has 0 radical (unpaired) electrons. The van der Waals surface area contributed by atoms with Gasteiger partial charge in [-0.05, 0) is 59.2 Å². The van der Waals surface area contributed by atoms with E-state index in [2.05, 4.69) is 26.2 Å². The number of hydrogen-bond acceptors (Lipinski definition) is 8. The number of benzene rings is 1. The molecule has 13 heteroatoms. The zero-order chi connectivity index (χ0) is 27.5. The third-order valence-corrected chi connectivity index (χ3v) is 7.36. The fourth-order valence-electron chi connectivity index (χ4n) is 4.88. The van der Waals surface area contributed by atoms with Crippen molar-refractivity contribution in [3.05, 3.63) is 65.2 Å². The van der Waals surface area contributed by atoms with E-state index in [1.165, 1.54) is 20.8 Å². The van der Waals surface area contributed by atoms with Crippen molar-refractivity contribution in [3.8, 4) is 5.69 Å². The first-order chi connectivity index (χ1) is 18.8. The van der Waals surface area contributed by atoms with E-state index in [4.69, 9.17) is 17.0 Å². The monoisotopic (exact) mass is 549 g/mol. The number of carbonyl (C=O) groups is 3. The average Bonchev–Trinajstić information content (AvgIpc) is 3.42. The number of rotatable bonds is 8. The van der Waals surface area contributed by atoms with Crippen LogP contribution in [0.5, 0.6) is 0 Å². The van der Waals surface area contributed by atoms with Crippen LogP contribution in [0.3, 0.4) is 0 Å². The van der Waals surface area contributed by atoms with E-state index in [0.717, 1.165) is 19.3 Å². The van der Waals surface area contributed by atoms with Crippen LogP contribution in [-0.4, -0.2) is 74.7 Å². The lowest BCUT2D eigenvalue weighted by Crippen LogP contribution is -2.60. The van der Waals surface area contributed by atoms with E-state index >= 15 is 0 Å². The van der Waals surface area contributed by atoms with Gasteiger partial charge in [-0.1, -0.05) is 30.9 Å². The zero-order valence-corrected chi connectivity index (χ0v) is 22.1. The summed E-state index contributed by atoms with van der Waals surface area (Å²) in [6.45, 7) is -0.507. The molecule has 1 atom stereocenters. The Balaban J connectivity index is 1.38. The second kappa shape index (κ2) is 11.2. The van der Waals surface area contributed by atoms with Gasteiger partial charge in [-0.2, -0.15) is 4.68 Å². The highest BCUT2D eigenvalue weighted by molar-refractivity contribution is 6.31. The van der Waals surface area contributed by atoms with Crippen molar-refractivity contribution in [1.29, 1.82) is 5.41 Å². The molecule has 5 rings (SSSR count). The Kier molecular flexibility index (Phi) is 7.55. The van der Waals surface area contributed by atoms with Crippen molar-refractivity contribution in [3.63, 3.8) is 0 Å². The second-order valence-electron chi connectivity index (χ2n) is 9.66. The fraction of sp³-hybridized carbons (Fsp3) is 0.346. The number of anilines is 1. The number of nitrogens with one attached hydrogen (secondary N) is 3. The van der Waals surface area contributed by atoms with Gasteiger partial charge in [0, 0.05) is 29.5 Å². The van der Waals surface area contributed by atoms with Crippen LogP contribution in [0.1, 0.15) is 25.7 Å². The lowest BCUT2D eigenvalue weighted by atomic mass is 9.80. The first-order valence-electron chi connectivity index (χ1n) is 12.6. The van der Waals surface area contributed by atoms with Crippen LogP contribution >= 0.6 is 11.6 Å². The molecule has 0 spiro atoms. The van der Waals surface area contributed by atoms with Crippen LogP contribution < -0.4 is 15.5 Å². The summed E-state index contributed by atoms with van der Waals surface area (Å²) in [4.78, 5) is 43.3. The SMILES string of the molecule is CN/C=C1/C=C(NC(=O)C(CC2CCC2)N2CC(=O)N(c3cc(Cl)ccc3-n3cnnn3)CC2=O)C=CC1=N. The minimum atomic E-state index is -0.806. The average molecular weight is 550 g/mol. The molecule has 1 aromatic carbocycles. The molecule has 1 saturated heterocycles. The normalized spacial score (nSPS) is 19.7. The number of halogens is 1. The van der Waals surface area contributed by atoms with E-state index in [1.54, 1.807) is 49.7 Å². The second-order valence-corrected chi connectivity index (χ2v) is 10.1. The lowest BCUT2D eigenvalue weighted by molar-refractivity contribution is -0.145. The van der Waals surface area contributed by atoms with Crippen molar-refractivity contribution >= 4 is 40.7 Å². The van der Waals surface area contributed by atoms with E-state index in [9.17, 15) is 14.4 Å². The highest BCUT2D eigenvalue weighted by Gasteiger charge is 2.40. The zero-order valence-electron chi connectivity index (χ0n) is 21.3. The molecule has 2 aromatic rings. The van der Waals surface area contributed by atoms with Gasteiger partial charge in [-0.15, -0.1) is 5.10 Å². The third-order valence-electron chi connectivity index (χ3n) is 7.12. The van der Waals surface area contributed by atoms with Gasteiger partial charge in [0.2, 0.25) is 17.7 Å². The van der Waals surface area contributed by atoms with Crippen molar-refractivity contribution in [2.45, 2.75) is 31.7 Å². The van der Waals surface area contributed by atoms with Crippen molar-refractivity contribution in [2.75, 3.05) is 25.0 Å². The third kappa shape index (κ3) is 5.60. The van der Waals surface area contributed by atoms with Crippen LogP contribution in [0, 0.1) is 11.3 Å². The Hall–Kier alpha value is -4.32. The lowest BCUT2D eigenvalue weighted by Gasteiger charge is -2.40. The first kappa shape index (κ1) is 26.3. The summed E-state index contributed by atoms with van der Waals surface area (Å²) in [5.41, 5.74) is 2.34. The Morgan fingerprint density at radius 2 is 2.03 bits per heavy atom. The standard InChI is InChI=1S/C26H28ClN9O3/c1-29-12-17-10-19(6-7-20(17)28)31-26(39)23(9-16-3-2-4-16)35-14-24(37)34(13-25(35)38)22-11-18(27)5-8-21(22)36-15-30-32-33-36/h5-8,10-12,15-16,23,28-29H,2-4,9,13-14H2,1H3,(H,31,39)/b17-12-,28-20?. The van der Waals surface area contributed by atoms with Crippen LogP contribution in [0.2, 0.25) is 5.02 Å². The molecule has 0 bridgehead atoms. The van der Waals surface area contributed by atoms with Crippen LogP contribution in [0.15, 0.2) is 60.2 Å². The van der Waals surface area contributed by atoms with Gasteiger partial charge in [0.1, 0.15) is 25.5 Å². The Morgan fingerprint density at radius 1 is 1.21 bits per heavy atom. The molecule has 1 unspecified atom stereocenters. The smallest absolute Gasteiger partial charge is 0.247 e. The van der Waals surface area contributed by atoms with E-state index in [-0.39, 0.29) is 30.8 Å². The minimum Gasteiger partial charge on any atom is -0.393 e. The summed E-state index contributed by atoms with van der Waals surface area (Å²) in [7, 11) is 1.73. The maximum Gasteiger partial charge on any atom is 0.247 e. The summed E-state index contributed by atoms with van der Waals surface area (Å²) in [5.74, 6) is -0.740. The molecule has 2 heterocycles. The minimum absolute atomic E-state index is 0.252. The molecule has 3 aliphatic rings. The molecule has 202 valence electrons. The summed E-state index contributed by atoms with van der Waals surface area (Å²) in [6, 6.07) is 4.11.